The van der Waals surface area contributed by atoms with Gasteiger partial charge in [-0.3, -0.25) is 24.2 Å². The third kappa shape index (κ3) is 9.40. The number of hydrogen-bond acceptors (Lipinski definition) is 6. The topological polar surface area (TPSA) is 105 Å². The molecule has 0 saturated carbocycles. The van der Waals surface area contributed by atoms with Crippen molar-refractivity contribution in [3.05, 3.63) is 0 Å². The maximum atomic E-state index is 12.3. The lowest BCUT2D eigenvalue weighted by molar-refractivity contribution is -0.137. The van der Waals surface area contributed by atoms with Gasteiger partial charge in [0.15, 0.2) is 0 Å². The first-order valence-corrected chi connectivity index (χ1v) is 11.4. The van der Waals surface area contributed by atoms with E-state index >= 15 is 0 Å². The molecule has 9 nitrogen and oxygen atoms in total. The molecule has 2 saturated heterocycles. The number of aliphatic carboxylic acids is 1. The van der Waals surface area contributed by atoms with Gasteiger partial charge in [-0.25, -0.2) is 0 Å². The lowest BCUT2D eigenvalue weighted by Gasteiger charge is -2.37. The van der Waals surface area contributed by atoms with Crippen molar-refractivity contribution >= 4 is 17.8 Å². The summed E-state index contributed by atoms with van der Waals surface area (Å²) in [7, 11) is 0. The highest BCUT2D eigenvalue weighted by Crippen LogP contribution is 2.18. The highest BCUT2D eigenvalue weighted by atomic mass is 16.4. The molecular weight excluding hydrogens is 397 g/mol. The van der Waals surface area contributed by atoms with Gasteiger partial charge in [-0.15, -0.1) is 0 Å². The lowest BCUT2D eigenvalue weighted by atomic mass is 10.4. The fourth-order valence-corrected chi connectivity index (χ4v) is 4.17. The molecule has 0 aliphatic carbocycles. The minimum absolute atomic E-state index is 0.0274. The zero-order chi connectivity index (χ0) is 21.8. The van der Waals surface area contributed by atoms with Crippen LogP contribution in [0.1, 0.15) is 45.4 Å². The minimum Gasteiger partial charge on any atom is -0.481 e. The number of amides is 2. The first kappa shape index (κ1) is 24.6. The number of carboxylic acids is 1. The maximum absolute atomic E-state index is 12.3. The highest BCUT2D eigenvalue weighted by molar-refractivity contribution is 5.78. The van der Waals surface area contributed by atoms with Crippen molar-refractivity contribution in [2.75, 3.05) is 65.4 Å². The second-order valence-corrected chi connectivity index (χ2v) is 8.30. The summed E-state index contributed by atoms with van der Waals surface area (Å²) in [5.74, 6) is -0.928. The predicted molar refractivity (Wildman–Crippen MR) is 115 cm³/mol. The Morgan fingerprint density at radius 2 is 1.53 bits per heavy atom. The van der Waals surface area contributed by atoms with Gasteiger partial charge in [0.25, 0.3) is 0 Å². The van der Waals surface area contributed by atoms with Crippen LogP contribution in [0, 0.1) is 0 Å². The van der Waals surface area contributed by atoms with E-state index in [2.05, 4.69) is 32.3 Å². The van der Waals surface area contributed by atoms with Gasteiger partial charge in [-0.2, -0.15) is 0 Å². The molecule has 2 amide bonds. The Balaban J connectivity index is 1.55. The number of likely N-dealkylation sites (tertiary alicyclic amines) is 1. The Morgan fingerprint density at radius 3 is 2.20 bits per heavy atom. The Hall–Kier alpha value is -1.71. The van der Waals surface area contributed by atoms with E-state index in [1.54, 1.807) is 0 Å². The molecule has 2 aliphatic heterocycles. The monoisotopic (exact) mass is 436 g/mol. The number of carbonyl (C=O) groups excluding carboxylic acids is 2. The van der Waals surface area contributed by atoms with Gasteiger partial charge in [0.05, 0.1) is 6.54 Å². The van der Waals surface area contributed by atoms with Gasteiger partial charge in [-0.1, -0.05) is 6.92 Å². The fraction of sp³-hybridized carbons (Fsp3) is 0.857. The molecule has 9 heteroatoms. The van der Waals surface area contributed by atoms with Crippen LogP contribution in [0.4, 0.5) is 0 Å². The van der Waals surface area contributed by atoms with Crippen molar-refractivity contribution in [2.24, 2.45) is 0 Å². The average Bonchev–Trinajstić information content (AvgIpc) is 3.15. The molecule has 0 bridgehead atoms. The first-order valence-electron chi connectivity index (χ1n) is 11.4. The summed E-state index contributed by atoms with van der Waals surface area (Å²) < 4.78 is 0. The van der Waals surface area contributed by atoms with Gasteiger partial charge in [0, 0.05) is 64.7 Å². The zero-order valence-electron chi connectivity index (χ0n) is 18.4. The second-order valence-electron chi connectivity index (χ2n) is 8.30. The fourth-order valence-electron chi connectivity index (χ4n) is 4.17. The number of piperazine rings is 1. The summed E-state index contributed by atoms with van der Waals surface area (Å²) >= 11 is 0. The third-order valence-corrected chi connectivity index (χ3v) is 6.02. The van der Waals surface area contributed by atoms with Crippen molar-refractivity contribution in [1.82, 2.24) is 25.3 Å². The van der Waals surface area contributed by atoms with Crippen LogP contribution in [0.3, 0.4) is 0 Å². The maximum Gasteiger partial charge on any atom is 0.303 e. The quantitative estimate of drug-likeness (QED) is 0.211. The number of hydrogen-bond donors (Lipinski definition) is 3. The van der Waals surface area contributed by atoms with Crippen LogP contribution in [-0.4, -0.2) is 109 Å². The van der Waals surface area contributed by atoms with E-state index in [1.165, 1.54) is 0 Å². The number of rotatable bonds is 13. The van der Waals surface area contributed by atoms with E-state index in [1.807, 2.05) is 0 Å². The smallest absolute Gasteiger partial charge is 0.303 e. The molecule has 30 heavy (non-hydrogen) atoms. The highest BCUT2D eigenvalue weighted by Gasteiger charge is 2.28. The van der Waals surface area contributed by atoms with Crippen LogP contribution < -0.4 is 10.6 Å². The molecule has 1 atom stereocenters. The summed E-state index contributed by atoms with van der Waals surface area (Å²) in [6.45, 7) is 11.1. The van der Waals surface area contributed by atoms with Crippen LogP contribution in [0.15, 0.2) is 0 Å². The van der Waals surface area contributed by atoms with E-state index < -0.39 is 5.97 Å². The molecule has 172 valence electrons. The third-order valence-electron chi connectivity index (χ3n) is 6.02. The van der Waals surface area contributed by atoms with E-state index in [0.717, 1.165) is 58.7 Å². The number of nitrogens with zero attached hydrogens (tertiary/aromatic N) is 3. The van der Waals surface area contributed by atoms with Gasteiger partial charge >= 0.3 is 5.97 Å². The van der Waals surface area contributed by atoms with Crippen molar-refractivity contribution in [3.8, 4) is 0 Å². The Labute approximate surface area is 180 Å². The standard InChI is InChI=1S/C21H39N5O4/c1-2-24-12-14-25(15-13-24)16-18-6-5-11-26(18)17-20(28)23-9-3-7-19(27)22-10-4-8-21(29)30/h18H,2-17H2,1H3,(H,22,27)(H,23,28)(H,29,30)/i5+1,6+1,7+1,8+1,11+1,16+1,17+1,18+1,20+1,25+1,26+1. The minimum atomic E-state index is -0.855. The Morgan fingerprint density at radius 1 is 0.900 bits per heavy atom. The zero-order valence-corrected chi connectivity index (χ0v) is 18.4. The molecule has 0 aromatic rings. The molecule has 2 aliphatic rings. The van der Waals surface area contributed by atoms with E-state index in [0.29, 0.717) is 44.9 Å². The Bertz CT molecular complexity index is 552. The van der Waals surface area contributed by atoms with Crippen LogP contribution in [-0.2, 0) is 14.4 Å². The molecule has 0 radical (unpaired) electrons. The average molecular weight is 436 g/mol. The largest absolute Gasteiger partial charge is 0.481 e. The molecule has 0 spiro atoms. The summed E-state index contributed by atoms with van der Waals surface area (Å²) in [4.78, 5) is 41.7. The second kappa shape index (κ2) is 13.6. The summed E-state index contributed by atoms with van der Waals surface area (Å²) in [6, 6.07) is 0.459. The Kier molecular flexibility index (Phi) is 11.1. The molecule has 0 aromatic carbocycles. The molecular formula is C21H39N5O4. The number of nitrogens with one attached hydrogen (secondary N) is 2. The van der Waals surface area contributed by atoms with E-state index in [-0.39, 0.29) is 18.2 Å². The van der Waals surface area contributed by atoms with Crippen molar-refractivity contribution < 1.29 is 19.5 Å². The van der Waals surface area contributed by atoms with Gasteiger partial charge in [0.2, 0.25) is 11.8 Å². The number of carbonyl (C=O) groups is 3. The van der Waals surface area contributed by atoms with E-state index in [4.69, 9.17) is 5.11 Å². The van der Waals surface area contributed by atoms with Crippen molar-refractivity contribution in [1.29, 1.82) is 0 Å². The SMILES string of the molecule is CCN1CC[15N]([13CH2][13CH]2[13CH2][13CH2][13CH2][15N]2[13CH2][13C](=O)NCC[13CH2]C(=O)NCC[13CH2]C(=O)O)CC1. The molecule has 1 unspecified atom stereocenters. The molecule has 2 fully saturated rings. The van der Waals surface area contributed by atoms with Crippen LogP contribution >= 0.6 is 0 Å². The molecule has 2 rings (SSSR count). The predicted octanol–water partition coefficient (Wildman–Crippen LogP) is -0.0343. The molecule has 2 heterocycles. The summed E-state index contributed by atoms with van der Waals surface area (Å²) in [5, 5.41) is 14.2. The van der Waals surface area contributed by atoms with Gasteiger partial charge in [-0.05, 0) is 38.8 Å². The first-order chi connectivity index (χ1) is 14.5. The number of likely N-dealkylation sites (N-methyl/N-ethyl adjacent to an activating group) is 1. The summed E-state index contributed by atoms with van der Waals surface area (Å²) in [5.41, 5.74) is 0. The van der Waals surface area contributed by atoms with E-state index in [9.17, 15) is 14.4 Å². The molecule has 3 N–H and O–H groups in total. The summed E-state index contributed by atoms with van der Waals surface area (Å²) in [6.07, 6.45) is 3.72. The van der Waals surface area contributed by atoms with Crippen LogP contribution in [0.25, 0.3) is 0 Å². The van der Waals surface area contributed by atoms with Crippen molar-refractivity contribution in [2.45, 2.75) is 51.5 Å². The van der Waals surface area contributed by atoms with Crippen LogP contribution in [0.5, 0.6) is 0 Å². The van der Waals surface area contributed by atoms with Crippen molar-refractivity contribution in [3.63, 3.8) is 0 Å². The normalized spacial score (nSPS) is 20.9. The van der Waals surface area contributed by atoms with Gasteiger partial charge < -0.3 is 20.6 Å². The lowest BCUT2D eigenvalue weighted by Crippen LogP contribution is -2.51. The van der Waals surface area contributed by atoms with Gasteiger partial charge in [0.1, 0.15) is 0 Å². The number of carboxylic acid groups (broad SMARTS) is 1. The van der Waals surface area contributed by atoms with Crippen LogP contribution in [0.2, 0.25) is 0 Å². The molecule has 0 aromatic heterocycles.